The minimum atomic E-state index is -0.234. The molecule has 2 heteroatoms. The third kappa shape index (κ3) is 3.72. The zero-order chi connectivity index (χ0) is 13.9. The highest BCUT2D eigenvalue weighted by atomic mass is 16.5. The van der Waals surface area contributed by atoms with Gasteiger partial charge in [-0.05, 0) is 56.9 Å². The molecule has 102 valence electrons. The maximum Gasteiger partial charge on any atom is 0.307 e. The molecular formula is C16H26O2. The van der Waals surface area contributed by atoms with E-state index in [1.54, 1.807) is 0 Å². The van der Waals surface area contributed by atoms with Gasteiger partial charge in [0.05, 0.1) is 0 Å². The van der Waals surface area contributed by atoms with Crippen molar-refractivity contribution in [3.05, 3.63) is 23.0 Å². The lowest BCUT2D eigenvalue weighted by Gasteiger charge is -2.39. The standard InChI is InChI=1S/C16H26O2/c1-11-8-7-9-16(5,6)15(11)10-12(2)13(3)18-14(4)17/h8,15H,7,9-10H2,1-6H3/b13-12-. The summed E-state index contributed by atoms with van der Waals surface area (Å²) < 4.78 is 5.18. The van der Waals surface area contributed by atoms with Gasteiger partial charge in [-0.2, -0.15) is 0 Å². The molecule has 0 N–H and O–H groups in total. The molecule has 1 rings (SSSR count). The molecule has 0 aromatic carbocycles. The van der Waals surface area contributed by atoms with E-state index >= 15 is 0 Å². The van der Waals surface area contributed by atoms with Gasteiger partial charge in [0.2, 0.25) is 0 Å². The highest BCUT2D eigenvalue weighted by Gasteiger charge is 2.32. The summed E-state index contributed by atoms with van der Waals surface area (Å²) in [6.45, 7) is 12.3. The second-order valence-corrected chi connectivity index (χ2v) is 6.16. The van der Waals surface area contributed by atoms with E-state index in [1.165, 1.54) is 30.9 Å². The molecule has 0 heterocycles. The third-order valence-electron chi connectivity index (χ3n) is 4.16. The molecule has 1 aliphatic rings. The monoisotopic (exact) mass is 250 g/mol. The van der Waals surface area contributed by atoms with Crippen molar-refractivity contribution in [1.82, 2.24) is 0 Å². The van der Waals surface area contributed by atoms with Crippen molar-refractivity contribution in [3.63, 3.8) is 0 Å². The summed E-state index contributed by atoms with van der Waals surface area (Å²) in [4.78, 5) is 11.0. The van der Waals surface area contributed by atoms with E-state index in [2.05, 4.69) is 33.8 Å². The lowest BCUT2D eigenvalue weighted by Crippen LogP contribution is -2.28. The van der Waals surface area contributed by atoms with Crippen LogP contribution in [0.25, 0.3) is 0 Å². The van der Waals surface area contributed by atoms with Crippen molar-refractivity contribution in [3.8, 4) is 0 Å². The van der Waals surface area contributed by atoms with E-state index in [1.807, 2.05) is 6.92 Å². The van der Waals surface area contributed by atoms with Gasteiger partial charge in [-0.3, -0.25) is 4.79 Å². The summed E-state index contributed by atoms with van der Waals surface area (Å²) in [6, 6.07) is 0. The summed E-state index contributed by atoms with van der Waals surface area (Å²) >= 11 is 0. The van der Waals surface area contributed by atoms with Gasteiger partial charge in [-0.1, -0.05) is 25.5 Å². The number of carbonyl (C=O) groups excluding carboxylic acids is 1. The molecule has 0 amide bonds. The normalized spacial score (nSPS) is 24.1. The summed E-state index contributed by atoms with van der Waals surface area (Å²) in [7, 11) is 0. The predicted molar refractivity (Wildman–Crippen MR) is 75.0 cm³/mol. The van der Waals surface area contributed by atoms with Crippen LogP contribution in [0.1, 0.15) is 60.8 Å². The highest BCUT2D eigenvalue weighted by molar-refractivity contribution is 5.67. The molecule has 0 spiro atoms. The highest BCUT2D eigenvalue weighted by Crippen LogP contribution is 2.44. The van der Waals surface area contributed by atoms with Crippen LogP contribution in [-0.2, 0) is 9.53 Å². The van der Waals surface area contributed by atoms with E-state index in [4.69, 9.17) is 4.74 Å². The molecule has 0 aromatic heterocycles. The maximum atomic E-state index is 11.0. The van der Waals surface area contributed by atoms with Crippen LogP contribution in [0.4, 0.5) is 0 Å². The molecule has 0 saturated carbocycles. The van der Waals surface area contributed by atoms with E-state index in [-0.39, 0.29) is 5.97 Å². The number of hydrogen-bond acceptors (Lipinski definition) is 2. The Bertz CT molecular complexity index is 386. The number of hydrogen-bond donors (Lipinski definition) is 0. The minimum Gasteiger partial charge on any atom is -0.432 e. The zero-order valence-electron chi connectivity index (χ0n) is 12.6. The van der Waals surface area contributed by atoms with Crippen LogP contribution < -0.4 is 0 Å². The fraction of sp³-hybridized carbons (Fsp3) is 0.688. The van der Waals surface area contributed by atoms with Gasteiger partial charge in [0.15, 0.2) is 0 Å². The molecule has 2 nitrogen and oxygen atoms in total. The van der Waals surface area contributed by atoms with Gasteiger partial charge >= 0.3 is 5.97 Å². The minimum absolute atomic E-state index is 0.234. The van der Waals surface area contributed by atoms with Gasteiger partial charge in [-0.15, -0.1) is 0 Å². The largest absolute Gasteiger partial charge is 0.432 e. The summed E-state index contributed by atoms with van der Waals surface area (Å²) in [5.41, 5.74) is 2.98. The van der Waals surface area contributed by atoms with Crippen molar-refractivity contribution >= 4 is 5.97 Å². The quantitative estimate of drug-likeness (QED) is 0.415. The molecule has 0 radical (unpaired) electrons. The Balaban J connectivity index is 2.85. The molecule has 18 heavy (non-hydrogen) atoms. The summed E-state index contributed by atoms with van der Waals surface area (Å²) in [5, 5.41) is 0. The van der Waals surface area contributed by atoms with Crippen LogP contribution in [0.2, 0.25) is 0 Å². The first-order valence-corrected chi connectivity index (χ1v) is 6.75. The lowest BCUT2D eigenvalue weighted by atomic mass is 9.66. The van der Waals surface area contributed by atoms with Crippen LogP contribution in [0.3, 0.4) is 0 Å². The van der Waals surface area contributed by atoms with Gasteiger partial charge in [0, 0.05) is 6.92 Å². The van der Waals surface area contributed by atoms with E-state index < -0.39 is 0 Å². The lowest BCUT2D eigenvalue weighted by molar-refractivity contribution is -0.136. The van der Waals surface area contributed by atoms with Crippen LogP contribution >= 0.6 is 0 Å². The number of allylic oxidation sites excluding steroid dienone is 4. The molecule has 1 atom stereocenters. The fourth-order valence-electron chi connectivity index (χ4n) is 2.79. The molecule has 0 saturated heterocycles. The van der Waals surface area contributed by atoms with Crippen molar-refractivity contribution in [2.24, 2.45) is 11.3 Å². The Morgan fingerprint density at radius 1 is 1.39 bits per heavy atom. The van der Waals surface area contributed by atoms with Crippen molar-refractivity contribution in [1.29, 1.82) is 0 Å². The maximum absolute atomic E-state index is 11.0. The van der Waals surface area contributed by atoms with E-state index in [0.29, 0.717) is 11.3 Å². The Kier molecular flexibility index (Phi) is 4.78. The SMILES string of the molecule is CC(=O)O/C(C)=C(/C)CC1C(C)=CCCC1(C)C. The molecule has 0 aliphatic heterocycles. The predicted octanol–water partition coefficient (Wildman–Crippen LogP) is 4.62. The van der Waals surface area contributed by atoms with Crippen molar-refractivity contribution < 1.29 is 9.53 Å². The third-order valence-corrected chi connectivity index (χ3v) is 4.16. The first-order valence-electron chi connectivity index (χ1n) is 6.75. The van der Waals surface area contributed by atoms with Gasteiger partial charge in [0.25, 0.3) is 0 Å². The topological polar surface area (TPSA) is 26.3 Å². The van der Waals surface area contributed by atoms with Crippen LogP contribution in [0.5, 0.6) is 0 Å². The summed E-state index contributed by atoms with van der Waals surface area (Å²) in [6.07, 6.45) is 5.74. The van der Waals surface area contributed by atoms with Crippen LogP contribution in [0, 0.1) is 11.3 Å². The molecule has 0 fully saturated rings. The summed E-state index contributed by atoms with van der Waals surface area (Å²) in [5.74, 6) is 1.08. The van der Waals surface area contributed by atoms with Crippen molar-refractivity contribution in [2.45, 2.75) is 60.8 Å². The number of ether oxygens (including phenoxy) is 1. The second-order valence-electron chi connectivity index (χ2n) is 6.16. The van der Waals surface area contributed by atoms with Crippen LogP contribution in [-0.4, -0.2) is 5.97 Å². The molecule has 1 unspecified atom stereocenters. The van der Waals surface area contributed by atoms with Crippen LogP contribution in [0.15, 0.2) is 23.0 Å². The van der Waals surface area contributed by atoms with Gasteiger partial charge in [0.1, 0.15) is 5.76 Å². The first kappa shape index (κ1) is 15.0. The Morgan fingerprint density at radius 2 is 2.00 bits per heavy atom. The Morgan fingerprint density at radius 3 is 2.50 bits per heavy atom. The number of esters is 1. The first-order chi connectivity index (χ1) is 8.24. The Hall–Kier alpha value is -1.05. The Labute approximate surface area is 111 Å². The van der Waals surface area contributed by atoms with Crippen molar-refractivity contribution in [2.75, 3.05) is 0 Å². The average Bonchev–Trinajstić information content (AvgIpc) is 2.22. The fourth-order valence-corrected chi connectivity index (χ4v) is 2.79. The van der Waals surface area contributed by atoms with Gasteiger partial charge < -0.3 is 4.74 Å². The molecule has 0 bridgehead atoms. The number of carbonyl (C=O) groups is 1. The molecule has 1 aliphatic carbocycles. The second kappa shape index (κ2) is 5.73. The zero-order valence-corrected chi connectivity index (χ0v) is 12.6. The van der Waals surface area contributed by atoms with E-state index in [9.17, 15) is 4.79 Å². The number of rotatable bonds is 3. The smallest absolute Gasteiger partial charge is 0.307 e. The van der Waals surface area contributed by atoms with Gasteiger partial charge in [-0.25, -0.2) is 0 Å². The molecular weight excluding hydrogens is 224 g/mol. The van der Waals surface area contributed by atoms with E-state index in [0.717, 1.165) is 12.2 Å². The molecule has 0 aromatic rings. The average molecular weight is 250 g/mol.